The first-order valence-corrected chi connectivity index (χ1v) is 3.01. The second kappa shape index (κ2) is 7.21. The summed E-state index contributed by atoms with van der Waals surface area (Å²) < 4.78 is 4.34. The van der Waals surface area contributed by atoms with Crippen LogP contribution in [0, 0.1) is 0 Å². The van der Waals surface area contributed by atoms with Crippen LogP contribution in [0.1, 0.15) is 19.3 Å². The van der Waals surface area contributed by atoms with E-state index < -0.39 is 0 Å². The van der Waals surface area contributed by atoms with E-state index in [1.807, 2.05) is 6.08 Å². The van der Waals surface area contributed by atoms with Crippen molar-refractivity contribution in [1.29, 1.82) is 0 Å². The molecule has 0 aromatic carbocycles. The van der Waals surface area contributed by atoms with Gasteiger partial charge in [-0.2, -0.15) is 0 Å². The number of ether oxygens (including phenoxy) is 1. The van der Waals surface area contributed by atoms with E-state index in [9.17, 15) is 4.79 Å². The van der Waals surface area contributed by atoms with Gasteiger partial charge >= 0.3 is 6.47 Å². The minimum atomic E-state index is 0.483. The number of allylic oxidation sites excluding steroid dienone is 1. The van der Waals surface area contributed by atoms with Gasteiger partial charge in [0.1, 0.15) is 0 Å². The summed E-state index contributed by atoms with van der Waals surface area (Å²) in [7, 11) is 0. The summed E-state index contributed by atoms with van der Waals surface area (Å²) in [5.41, 5.74) is 0. The van der Waals surface area contributed by atoms with E-state index in [-0.39, 0.29) is 0 Å². The summed E-state index contributed by atoms with van der Waals surface area (Å²) in [6.07, 6.45) is 4.78. The third-order valence-corrected chi connectivity index (χ3v) is 0.964. The zero-order valence-electron chi connectivity index (χ0n) is 5.43. The molecule has 0 aliphatic heterocycles. The van der Waals surface area contributed by atoms with Gasteiger partial charge in [0.25, 0.3) is 0 Å². The molecule has 0 aromatic rings. The van der Waals surface area contributed by atoms with Gasteiger partial charge in [0, 0.05) is 0 Å². The normalized spacial score (nSPS) is 8.44. The Labute approximate surface area is 55.5 Å². The zero-order valence-corrected chi connectivity index (χ0v) is 5.43. The lowest BCUT2D eigenvalue weighted by molar-refractivity contribution is 0.270. The minimum Gasteiger partial charge on any atom is -0.457 e. The van der Waals surface area contributed by atoms with Crippen molar-refractivity contribution in [3.05, 3.63) is 12.7 Å². The van der Waals surface area contributed by atoms with Gasteiger partial charge in [-0.05, 0) is 19.3 Å². The van der Waals surface area contributed by atoms with Gasteiger partial charge in [-0.15, -0.1) is 6.58 Å². The smallest absolute Gasteiger partial charge is 0.417 e. The Hall–Kier alpha value is -0.790. The molecule has 0 aliphatic rings. The van der Waals surface area contributed by atoms with E-state index in [1.165, 1.54) is 6.47 Å². The molecule has 0 saturated carbocycles. The van der Waals surface area contributed by atoms with Gasteiger partial charge in [0.2, 0.25) is 0 Å². The van der Waals surface area contributed by atoms with Crippen LogP contribution in [-0.2, 0) is 9.53 Å². The van der Waals surface area contributed by atoms with Gasteiger partial charge in [0.15, 0.2) is 0 Å². The molecular formula is C7H11O2. The Morgan fingerprint density at radius 1 is 1.56 bits per heavy atom. The van der Waals surface area contributed by atoms with Crippen molar-refractivity contribution >= 4 is 6.47 Å². The monoisotopic (exact) mass is 127 g/mol. The molecule has 9 heavy (non-hydrogen) atoms. The lowest BCUT2D eigenvalue weighted by Gasteiger charge is -1.93. The predicted molar refractivity (Wildman–Crippen MR) is 35.7 cm³/mol. The highest BCUT2D eigenvalue weighted by Gasteiger charge is 1.84. The highest BCUT2D eigenvalue weighted by atomic mass is 16.5. The van der Waals surface area contributed by atoms with Crippen LogP contribution in [0.2, 0.25) is 0 Å². The minimum absolute atomic E-state index is 0.483. The molecule has 2 nitrogen and oxygen atoms in total. The largest absolute Gasteiger partial charge is 0.457 e. The van der Waals surface area contributed by atoms with Gasteiger partial charge in [-0.3, -0.25) is 0 Å². The molecule has 0 aromatic heterocycles. The molecule has 0 unspecified atom stereocenters. The van der Waals surface area contributed by atoms with E-state index in [0.717, 1.165) is 19.3 Å². The van der Waals surface area contributed by atoms with E-state index in [0.29, 0.717) is 6.61 Å². The third kappa shape index (κ3) is 7.21. The maximum Gasteiger partial charge on any atom is 0.417 e. The van der Waals surface area contributed by atoms with Crippen LogP contribution in [0.5, 0.6) is 0 Å². The summed E-state index contributed by atoms with van der Waals surface area (Å²) in [5.74, 6) is 0. The molecule has 0 bridgehead atoms. The van der Waals surface area contributed by atoms with Crippen LogP contribution in [0.25, 0.3) is 0 Å². The molecule has 0 spiro atoms. The van der Waals surface area contributed by atoms with Crippen LogP contribution in [0.15, 0.2) is 12.7 Å². The Morgan fingerprint density at radius 3 is 2.89 bits per heavy atom. The third-order valence-electron chi connectivity index (χ3n) is 0.964. The number of hydrogen-bond donors (Lipinski definition) is 0. The summed E-state index contributed by atoms with van der Waals surface area (Å²) in [4.78, 5) is 9.47. The first-order valence-electron chi connectivity index (χ1n) is 3.01. The van der Waals surface area contributed by atoms with Crippen molar-refractivity contribution in [1.82, 2.24) is 0 Å². The van der Waals surface area contributed by atoms with Crippen molar-refractivity contribution < 1.29 is 9.53 Å². The van der Waals surface area contributed by atoms with E-state index in [1.54, 1.807) is 0 Å². The number of carbonyl (C=O) groups excluding carboxylic acids is 1. The number of unbranched alkanes of at least 4 members (excludes halogenated alkanes) is 2. The van der Waals surface area contributed by atoms with Crippen LogP contribution < -0.4 is 0 Å². The fourth-order valence-electron chi connectivity index (χ4n) is 0.505. The molecule has 0 amide bonds. The maximum atomic E-state index is 9.47. The average molecular weight is 127 g/mol. The fourth-order valence-corrected chi connectivity index (χ4v) is 0.505. The average Bonchev–Trinajstić information content (AvgIpc) is 1.89. The van der Waals surface area contributed by atoms with Gasteiger partial charge in [-0.25, -0.2) is 4.79 Å². The molecule has 0 rings (SSSR count). The summed E-state index contributed by atoms with van der Waals surface area (Å²) in [5, 5.41) is 0. The van der Waals surface area contributed by atoms with Gasteiger partial charge in [0.05, 0.1) is 6.61 Å². The van der Waals surface area contributed by atoms with Crippen LogP contribution in [0.4, 0.5) is 0 Å². The molecule has 0 fully saturated rings. The Morgan fingerprint density at radius 2 is 2.33 bits per heavy atom. The quantitative estimate of drug-likeness (QED) is 0.398. The highest BCUT2D eigenvalue weighted by Crippen LogP contribution is 1.94. The maximum absolute atomic E-state index is 9.47. The van der Waals surface area contributed by atoms with E-state index >= 15 is 0 Å². The first kappa shape index (κ1) is 8.21. The summed E-state index contributed by atoms with van der Waals surface area (Å²) >= 11 is 0. The molecule has 0 aliphatic carbocycles. The molecule has 0 N–H and O–H groups in total. The molecular weight excluding hydrogens is 116 g/mol. The van der Waals surface area contributed by atoms with E-state index in [2.05, 4.69) is 11.3 Å². The van der Waals surface area contributed by atoms with E-state index in [4.69, 9.17) is 0 Å². The van der Waals surface area contributed by atoms with Gasteiger partial charge < -0.3 is 4.74 Å². The van der Waals surface area contributed by atoms with Crippen molar-refractivity contribution in [3.8, 4) is 0 Å². The zero-order chi connectivity index (χ0) is 6.95. The Bertz CT molecular complexity index is 69.0. The summed E-state index contributed by atoms with van der Waals surface area (Å²) in [6.45, 7) is 5.41. The molecule has 2 heteroatoms. The second-order valence-corrected chi connectivity index (χ2v) is 1.72. The Kier molecular flexibility index (Phi) is 6.58. The van der Waals surface area contributed by atoms with Crippen LogP contribution in [-0.4, -0.2) is 13.1 Å². The van der Waals surface area contributed by atoms with Crippen LogP contribution in [0.3, 0.4) is 0 Å². The highest BCUT2D eigenvalue weighted by molar-refractivity contribution is 5.37. The SMILES string of the molecule is C=CCCCCO[C]=O. The van der Waals surface area contributed by atoms with Crippen molar-refractivity contribution in [2.45, 2.75) is 19.3 Å². The predicted octanol–water partition coefficient (Wildman–Crippen LogP) is 1.43. The molecule has 0 atom stereocenters. The van der Waals surface area contributed by atoms with Crippen molar-refractivity contribution in [2.24, 2.45) is 0 Å². The standard InChI is InChI=1S/C7H11O2/c1-2-3-4-5-6-9-7-8/h2H,1,3-6H2. The van der Waals surface area contributed by atoms with Crippen molar-refractivity contribution in [3.63, 3.8) is 0 Å². The van der Waals surface area contributed by atoms with Crippen LogP contribution >= 0.6 is 0 Å². The molecule has 0 saturated heterocycles. The van der Waals surface area contributed by atoms with Gasteiger partial charge in [-0.1, -0.05) is 6.08 Å². The number of hydrogen-bond acceptors (Lipinski definition) is 2. The van der Waals surface area contributed by atoms with Crippen molar-refractivity contribution in [2.75, 3.05) is 6.61 Å². The molecule has 51 valence electrons. The first-order chi connectivity index (χ1) is 4.41. The Balaban J connectivity index is 2.74. The molecule has 1 radical (unpaired) electrons. The lowest BCUT2D eigenvalue weighted by Crippen LogP contribution is -1.89. The fraction of sp³-hybridized carbons (Fsp3) is 0.571. The number of rotatable bonds is 6. The lowest BCUT2D eigenvalue weighted by atomic mass is 10.2. The second-order valence-electron chi connectivity index (χ2n) is 1.72. The summed E-state index contributed by atoms with van der Waals surface area (Å²) in [6, 6.07) is 0. The topological polar surface area (TPSA) is 26.3 Å². The molecule has 0 heterocycles.